The van der Waals surface area contributed by atoms with Crippen molar-refractivity contribution in [1.29, 1.82) is 0 Å². The number of nitro groups is 1. The summed E-state index contributed by atoms with van der Waals surface area (Å²) in [6.45, 7) is 2.00. The summed E-state index contributed by atoms with van der Waals surface area (Å²) < 4.78 is 0. The molecule has 0 aliphatic carbocycles. The van der Waals surface area contributed by atoms with Gasteiger partial charge in [-0.3, -0.25) is 19.7 Å². The van der Waals surface area contributed by atoms with Crippen LogP contribution in [0, 0.1) is 17.0 Å². The van der Waals surface area contributed by atoms with Gasteiger partial charge >= 0.3 is 0 Å². The quantitative estimate of drug-likeness (QED) is 0.367. The Labute approximate surface area is 128 Å². The topological polar surface area (TPSA) is 83.8 Å². The van der Waals surface area contributed by atoms with E-state index in [0.29, 0.717) is 5.69 Å². The van der Waals surface area contributed by atoms with Crippen LogP contribution in [-0.2, 0) is 9.59 Å². The number of hydrogen-bond acceptors (Lipinski definition) is 5. The van der Waals surface area contributed by atoms with Crippen molar-refractivity contribution in [2.24, 2.45) is 0 Å². The van der Waals surface area contributed by atoms with E-state index in [9.17, 15) is 19.7 Å². The van der Waals surface area contributed by atoms with Crippen LogP contribution in [0.3, 0.4) is 0 Å². The number of piperidine rings is 1. The Balaban J connectivity index is 2.45. The van der Waals surface area contributed by atoms with Crippen LogP contribution in [0.25, 0.3) is 0 Å². The number of hydrogen-bond donors (Lipinski definition) is 0. The minimum atomic E-state index is -0.501. The molecule has 22 heavy (non-hydrogen) atoms. The molecule has 1 saturated heterocycles. The van der Waals surface area contributed by atoms with Crippen LogP contribution in [-0.4, -0.2) is 42.2 Å². The van der Waals surface area contributed by atoms with Crippen molar-refractivity contribution < 1.29 is 14.5 Å². The van der Waals surface area contributed by atoms with E-state index >= 15 is 0 Å². The average Bonchev–Trinajstić information content (AvgIpc) is 2.44. The standard InChI is InChI=1S/C15H17N3O4/c1-10-4-5-11(18(21)22)8-13(10)17-7-6-14(19)12(15(17)20)9-16(2)3/h4-5,8-9H,6-7H2,1-3H3/b12-9+. The lowest BCUT2D eigenvalue weighted by atomic mass is 10.0. The predicted octanol–water partition coefficient (Wildman–Crippen LogP) is 1.65. The third-order valence-corrected chi connectivity index (χ3v) is 3.42. The van der Waals surface area contributed by atoms with E-state index < -0.39 is 10.8 Å². The summed E-state index contributed by atoms with van der Waals surface area (Å²) in [7, 11) is 3.45. The van der Waals surface area contributed by atoms with Crippen LogP contribution in [0.1, 0.15) is 12.0 Å². The molecule has 1 aliphatic rings. The van der Waals surface area contributed by atoms with Gasteiger partial charge in [0, 0.05) is 45.4 Å². The zero-order valence-electron chi connectivity index (χ0n) is 12.7. The number of aryl methyl sites for hydroxylation is 1. The van der Waals surface area contributed by atoms with Gasteiger partial charge in [0.2, 0.25) is 0 Å². The van der Waals surface area contributed by atoms with Gasteiger partial charge in [-0.1, -0.05) is 6.07 Å². The number of rotatable bonds is 3. The van der Waals surface area contributed by atoms with E-state index in [-0.39, 0.29) is 30.0 Å². The Kier molecular flexibility index (Phi) is 4.25. The summed E-state index contributed by atoms with van der Waals surface area (Å²) in [6, 6.07) is 4.37. The van der Waals surface area contributed by atoms with Gasteiger partial charge in [0.25, 0.3) is 11.6 Å². The lowest BCUT2D eigenvalue weighted by molar-refractivity contribution is -0.384. The van der Waals surface area contributed by atoms with Crippen LogP contribution in [0.2, 0.25) is 0 Å². The van der Waals surface area contributed by atoms with Crippen LogP contribution < -0.4 is 4.90 Å². The van der Waals surface area contributed by atoms with E-state index in [1.54, 1.807) is 32.0 Å². The first kappa shape index (κ1) is 15.7. The molecule has 0 aromatic heterocycles. The molecule has 0 unspecified atom stereocenters. The number of nitrogens with zero attached hydrogens (tertiary/aromatic N) is 3. The molecule has 2 rings (SSSR count). The van der Waals surface area contributed by atoms with Crippen LogP contribution in [0.4, 0.5) is 11.4 Å². The second kappa shape index (κ2) is 5.97. The molecule has 1 aromatic rings. The lowest BCUT2D eigenvalue weighted by Gasteiger charge is -2.29. The fraction of sp³-hybridized carbons (Fsp3) is 0.333. The van der Waals surface area contributed by atoms with Crippen molar-refractivity contribution >= 4 is 23.1 Å². The van der Waals surface area contributed by atoms with Gasteiger partial charge in [0.15, 0.2) is 5.78 Å². The van der Waals surface area contributed by atoms with Gasteiger partial charge < -0.3 is 9.80 Å². The Hall–Kier alpha value is -2.70. The normalized spacial score (nSPS) is 17.0. The summed E-state index contributed by atoms with van der Waals surface area (Å²) in [5.41, 5.74) is 1.24. The van der Waals surface area contributed by atoms with Crippen molar-refractivity contribution in [3.8, 4) is 0 Å². The second-order valence-corrected chi connectivity index (χ2v) is 5.36. The summed E-state index contributed by atoms with van der Waals surface area (Å²) >= 11 is 0. The Bertz CT molecular complexity index is 679. The number of ketones is 1. The predicted molar refractivity (Wildman–Crippen MR) is 81.6 cm³/mol. The largest absolute Gasteiger partial charge is 0.383 e. The maximum Gasteiger partial charge on any atom is 0.271 e. The Morgan fingerprint density at radius 2 is 2.00 bits per heavy atom. The highest BCUT2D eigenvalue weighted by atomic mass is 16.6. The van der Waals surface area contributed by atoms with Crippen LogP contribution >= 0.6 is 0 Å². The molecular formula is C15H17N3O4. The van der Waals surface area contributed by atoms with Crippen molar-refractivity contribution in [3.05, 3.63) is 45.6 Å². The lowest BCUT2D eigenvalue weighted by Crippen LogP contribution is -2.42. The summed E-state index contributed by atoms with van der Waals surface area (Å²) in [6.07, 6.45) is 1.69. The second-order valence-electron chi connectivity index (χ2n) is 5.36. The van der Waals surface area contributed by atoms with Crippen LogP contribution in [0.5, 0.6) is 0 Å². The molecular weight excluding hydrogens is 286 g/mol. The molecule has 7 heteroatoms. The van der Waals surface area contributed by atoms with Gasteiger partial charge in [-0.15, -0.1) is 0 Å². The van der Waals surface area contributed by atoms with E-state index in [1.165, 1.54) is 23.2 Å². The number of anilines is 1. The number of nitro benzene ring substituents is 1. The van der Waals surface area contributed by atoms with E-state index in [4.69, 9.17) is 0 Å². The molecule has 0 atom stereocenters. The third kappa shape index (κ3) is 2.98. The fourth-order valence-electron chi connectivity index (χ4n) is 2.33. The molecule has 0 bridgehead atoms. The van der Waals surface area contributed by atoms with Crippen molar-refractivity contribution in [3.63, 3.8) is 0 Å². The van der Waals surface area contributed by atoms with Gasteiger partial charge in [-0.25, -0.2) is 0 Å². The summed E-state index contributed by atoms with van der Waals surface area (Å²) in [5, 5.41) is 10.9. The molecule has 1 aromatic carbocycles. The fourth-order valence-corrected chi connectivity index (χ4v) is 2.33. The molecule has 116 valence electrons. The highest BCUT2D eigenvalue weighted by Crippen LogP contribution is 2.29. The summed E-state index contributed by atoms with van der Waals surface area (Å²) in [5.74, 6) is -0.633. The molecule has 0 saturated carbocycles. The van der Waals surface area contributed by atoms with Crippen LogP contribution in [0.15, 0.2) is 30.0 Å². The zero-order chi connectivity index (χ0) is 16.4. The molecule has 1 heterocycles. The van der Waals surface area contributed by atoms with E-state index in [2.05, 4.69) is 0 Å². The summed E-state index contributed by atoms with van der Waals surface area (Å²) in [4.78, 5) is 38.0. The van der Waals surface area contributed by atoms with Gasteiger partial charge in [-0.2, -0.15) is 0 Å². The van der Waals surface area contributed by atoms with Crippen molar-refractivity contribution in [1.82, 2.24) is 4.90 Å². The molecule has 1 fully saturated rings. The highest BCUT2D eigenvalue weighted by Gasteiger charge is 2.32. The minimum Gasteiger partial charge on any atom is -0.383 e. The molecule has 1 amide bonds. The number of benzene rings is 1. The number of non-ortho nitro benzene ring substituents is 1. The number of carbonyl (C=O) groups is 2. The molecule has 0 N–H and O–H groups in total. The highest BCUT2D eigenvalue weighted by molar-refractivity contribution is 6.26. The first-order valence-electron chi connectivity index (χ1n) is 6.79. The molecule has 7 nitrogen and oxygen atoms in total. The number of carbonyl (C=O) groups excluding carboxylic acids is 2. The Morgan fingerprint density at radius 1 is 1.32 bits per heavy atom. The van der Waals surface area contributed by atoms with Gasteiger partial charge in [0.1, 0.15) is 0 Å². The monoisotopic (exact) mass is 303 g/mol. The molecule has 1 aliphatic heterocycles. The average molecular weight is 303 g/mol. The van der Waals surface area contributed by atoms with E-state index in [0.717, 1.165) is 5.56 Å². The smallest absolute Gasteiger partial charge is 0.271 e. The Morgan fingerprint density at radius 3 is 2.59 bits per heavy atom. The number of amides is 1. The maximum absolute atomic E-state index is 12.5. The zero-order valence-corrected chi connectivity index (χ0v) is 12.7. The minimum absolute atomic E-state index is 0.0801. The molecule has 0 spiro atoms. The number of Topliss-reactive ketones (excluding diaryl/α,β-unsaturated/α-hetero) is 1. The van der Waals surface area contributed by atoms with Crippen molar-refractivity contribution in [2.75, 3.05) is 25.5 Å². The maximum atomic E-state index is 12.5. The van der Waals surface area contributed by atoms with Crippen molar-refractivity contribution in [2.45, 2.75) is 13.3 Å². The first-order chi connectivity index (χ1) is 10.3. The first-order valence-corrected chi connectivity index (χ1v) is 6.79. The van der Waals surface area contributed by atoms with E-state index in [1.807, 2.05) is 0 Å². The van der Waals surface area contributed by atoms with Gasteiger partial charge in [-0.05, 0) is 12.5 Å². The third-order valence-electron chi connectivity index (χ3n) is 3.42. The molecule has 0 radical (unpaired) electrons. The SMILES string of the molecule is Cc1ccc([N+](=O)[O-])cc1N1CCC(=O)/C(=C\N(C)C)C1=O. The van der Waals surface area contributed by atoms with Gasteiger partial charge in [0.05, 0.1) is 16.2 Å².